The number of carbonyl (C=O) groups is 5. The van der Waals surface area contributed by atoms with Gasteiger partial charge in [0.2, 0.25) is 0 Å². The van der Waals surface area contributed by atoms with Gasteiger partial charge in [-0.2, -0.15) is 40.4 Å². The number of para-hydroxylation sites is 4. The topological polar surface area (TPSA) is 211 Å². The van der Waals surface area contributed by atoms with Crippen LogP contribution in [0.4, 0.5) is 22.7 Å². The second kappa shape index (κ2) is 24.0. The maximum absolute atomic E-state index is 14.3. The minimum absolute atomic E-state index is 0.0837. The van der Waals surface area contributed by atoms with Gasteiger partial charge in [-0.05, 0) is 128 Å². The summed E-state index contributed by atoms with van der Waals surface area (Å²) >= 11 is 0. The first-order valence-corrected chi connectivity index (χ1v) is 25.1. The molecule has 2 N–H and O–H groups in total. The lowest BCUT2D eigenvalue weighted by Gasteiger charge is -2.18. The number of carbonyl (C=O) groups excluding carboxylic acids is 5. The third kappa shape index (κ3) is 11.7. The number of hydrogen-bond acceptors (Lipinski definition) is 13. The van der Waals surface area contributed by atoms with Crippen LogP contribution >= 0.6 is 0 Å². The average Bonchev–Trinajstić information content (AvgIpc) is 4.09. The first kappa shape index (κ1) is 51.4. The average molecular weight is 983 g/mol. The first-order valence-electron chi connectivity index (χ1n) is 25.1. The molecule has 4 unspecified atom stereocenters. The molecule has 0 saturated heterocycles. The summed E-state index contributed by atoms with van der Waals surface area (Å²) in [5.41, 5.74) is 12.7. The van der Waals surface area contributed by atoms with Crippen LogP contribution in [0.5, 0.6) is 0 Å². The lowest BCUT2D eigenvalue weighted by atomic mass is 9.90. The number of anilines is 4. The fourth-order valence-electron chi connectivity index (χ4n) is 9.61. The zero-order valence-corrected chi connectivity index (χ0v) is 41.9. The molecule has 0 aromatic heterocycles. The van der Waals surface area contributed by atoms with Crippen molar-refractivity contribution in [2.24, 2.45) is 64.8 Å². The fraction of sp³-hybridized carbons (Fsp3) is 0.357. The predicted octanol–water partition coefficient (Wildman–Crippen LogP) is 8.11. The lowest BCUT2D eigenvalue weighted by Crippen LogP contribution is -2.34. The van der Waals surface area contributed by atoms with E-state index in [-0.39, 0.29) is 35.8 Å². The van der Waals surface area contributed by atoms with Crippen LogP contribution in [0.3, 0.4) is 0 Å². The smallest absolute Gasteiger partial charge is 0.263 e. The van der Waals surface area contributed by atoms with Gasteiger partial charge in [0.05, 0.1) is 45.6 Å². The molecule has 376 valence electrons. The highest BCUT2D eigenvalue weighted by atomic mass is 16.2. The molecule has 4 aromatic rings. The maximum Gasteiger partial charge on any atom is 0.263 e. The fourth-order valence-corrected chi connectivity index (χ4v) is 9.61. The molecule has 0 aliphatic carbocycles. The molecule has 73 heavy (non-hydrogen) atoms. The predicted molar refractivity (Wildman–Crippen MR) is 290 cm³/mol. The summed E-state index contributed by atoms with van der Waals surface area (Å²) in [5, 5.41) is 24.0. The van der Waals surface area contributed by atoms with Crippen molar-refractivity contribution in [3.63, 3.8) is 0 Å². The molecule has 4 heterocycles. The monoisotopic (exact) mass is 982 g/mol. The van der Waals surface area contributed by atoms with Gasteiger partial charge in [-0.1, -0.05) is 72.8 Å². The van der Waals surface area contributed by atoms with Crippen LogP contribution in [-0.2, 0) is 24.0 Å². The molecule has 4 atom stereocenters. The number of ketones is 1. The Morgan fingerprint density at radius 1 is 0.411 bits per heavy atom. The van der Waals surface area contributed by atoms with Gasteiger partial charge < -0.3 is 5.73 Å². The minimum Gasteiger partial charge on any atom is -0.330 e. The Labute approximate surface area is 426 Å². The zero-order chi connectivity index (χ0) is 51.4. The number of aliphatic imine (C=N–C) groups is 3. The van der Waals surface area contributed by atoms with Crippen LogP contribution in [-0.4, -0.2) is 95.6 Å². The van der Waals surface area contributed by atoms with Crippen molar-refractivity contribution in [1.82, 2.24) is 0 Å². The highest BCUT2D eigenvalue weighted by molar-refractivity contribution is 6.31. The molecule has 0 radical (unpaired) electrons. The molecule has 4 aromatic carbocycles. The number of Topliss-reactive ketones (excluding diaryl/α,β-unsaturated/α-hetero) is 1. The van der Waals surface area contributed by atoms with Crippen LogP contribution in [0.1, 0.15) is 79.1 Å². The Morgan fingerprint density at radius 3 is 1.00 bits per heavy atom. The molecule has 4 aliphatic rings. The van der Waals surface area contributed by atoms with Gasteiger partial charge in [-0.25, -0.2) is 0 Å². The molecule has 0 bridgehead atoms. The number of nitrogens with zero attached hydrogens (tertiary/aromatic N) is 11. The molecular formula is C56H62N12O5. The van der Waals surface area contributed by atoms with E-state index in [9.17, 15) is 24.0 Å². The summed E-state index contributed by atoms with van der Waals surface area (Å²) < 4.78 is 0. The van der Waals surface area contributed by atoms with E-state index in [4.69, 9.17) is 25.8 Å². The van der Waals surface area contributed by atoms with Gasteiger partial charge >= 0.3 is 0 Å². The SMILES string of the molecule is CC1=NN(c2ccccc2)C(=O)C1C(=O)CCCC(=NCCCN=C(CCCC(=NCCCN)C1C(=O)N(c2ccccc2)N=C1C)C1C(=O)N(c2ccccc2)N=C1C)C1C(=O)N(c2ccccc2)N=C1C. The number of rotatable bonds is 23. The van der Waals surface area contributed by atoms with E-state index in [2.05, 4.69) is 15.3 Å². The summed E-state index contributed by atoms with van der Waals surface area (Å²) in [5.74, 6) is -4.28. The van der Waals surface area contributed by atoms with Gasteiger partial charge in [-0.3, -0.25) is 38.9 Å². The van der Waals surface area contributed by atoms with Gasteiger partial charge in [0.1, 0.15) is 23.7 Å². The van der Waals surface area contributed by atoms with Gasteiger partial charge in [0.15, 0.2) is 5.78 Å². The number of nitrogens with two attached hydrogens (primary N) is 1. The Hall–Kier alpha value is -7.92. The van der Waals surface area contributed by atoms with E-state index in [1.165, 1.54) is 20.0 Å². The second-order valence-electron chi connectivity index (χ2n) is 18.4. The lowest BCUT2D eigenvalue weighted by molar-refractivity contribution is -0.129. The van der Waals surface area contributed by atoms with Gasteiger partial charge in [0.25, 0.3) is 23.6 Å². The maximum atomic E-state index is 14.3. The number of amides is 4. The third-order valence-corrected chi connectivity index (χ3v) is 13.2. The van der Waals surface area contributed by atoms with Crippen LogP contribution < -0.4 is 25.8 Å². The summed E-state index contributed by atoms with van der Waals surface area (Å²) in [6.45, 7) is 8.76. The van der Waals surface area contributed by atoms with E-state index in [0.29, 0.717) is 134 Å². The number of benzene rings is 4. The largest absolute Gasteiger partial charge is 0.330 e. The highest BCUT2D eigenvalue weighted by Gasteiger charge is 2.42. The quantitative estimate of drug-likeness (QED) is 0.0440. The van der Waals surface area contributed by atoms with E-state index in [1.54, 1.807) is 19.1 Å². The number of hydrogen-bond donors (Lipinski definition) is 1. The molecule has 17 nitrogen and oxygen atoms in total. The van der Waals surface area contributed by atoms with Crippen molar-refractivity contribution < 1.29 is 24.0 Å². The van der Waals surface area contributed by atoms with Crippen molar-refractivity contribution in [3.8, 4) is 0 Å². The highest BCUT2D eigenvalue weighted by Crippen LogP contribution is 2.31. The molecule has 4 amide bonds. The first-order chi connectivity index (χ1) is 35.5. The van der Waals surface area contributed by atoms with E-state index < -0.39 is 23.7 Å². The van der Waals surface area contributed by atoms with Crippen molar-refractivity contribution in [2.45, 2.75) is 79.1 Å². The van der Waals surface area contributed by atoms with Crippen LogP contribution in [0.25, 0.3) is 0 Å². The summed E-state index contributed by atoms with van der Waals surface area (Å²) in [4.78, 5) is 84.6. The molecule has 0 spiro atoms. The van der Waals surface area contributed by atoms with Gasteiger partial charge in [-0.15, -0.1) is 0 Å². The van der Waals surface area contributed by atoms with Crippen molar-refractivity contribution >= 4 is 92.1 Å². The molecule has 0 saturated carbocycles. The van der Waals surface area contributed by atoms with E-state index >= 15 is 0 Å². The van der Waals surface area contributed by atoms with Gasteiger partial charge in [0, 0.05) is 43.2 Å². The van der Waals surface area contributed by atoms with E-state index in [1.807, 2.05) is 130 Å². The Morgan fingerprint density at radius 2 is 0.685 bits per heavy atom. The Balaban J connectivity index is 0.993. The molecule has 17 heteroatoms. The second-order valence-corrected chi connectivity index (χ2v) is 18.4. The normalized spacial score (nSPS) is 20.6. The molecule has 4 aliphatic heterocycles. The van der Waals surface area contributed by atoms with Crippen molar-refractivity contribution in [2.75, 3.05) is 46.2 Å². The van der Waals surface area contributed by atoms with Crippen LogP contribution in [0.2, 0.25) is 0 Å². The van der Waals surface area contributed by atoms with Crippen molar-refractivity contribution in [1.29, 1.82) is 0 Å². The summed E-state index contributed by atoms with van der Waals surface area (Å²) in [7, 11) is 0. The molecular weight excluding hydrogens is 921 g/mol. The minimum atomic E-state index is -0.985. The van der Waals surface area contributed by atoms with Crippen LogP contribution in [0, 0.1) is 23.7 Å². The Bertz CT molecular complexity index is 2900. The van der Waals surface area contributed by atoms with E-state index in [0.717, 1.165) is 0 Å². The molecule has 8 rings (SSSR count). The van der Waals surface area contributed by atoms with Crippen molar-refractivity contribution in [3.05, 3.63) is 121 Å². The Kier molecular flexibility index (Phi) is 16.9. The summed E-state index contributed by atoms with van der Waals surface area (Å²) in [6, 6.07) is 36.8. The standard InChI is InChI=1S/C56H62N12O5/c1-37-49(53(70)65(61-37)41-21-9-5-10-22-41)45(58-34-19-33-57)29-17-30-46(50-38(2)62-66(54(50)71)42-23-11-6-12-24-42)59-35-20-36-60-47(51-39(3)63-67(55(51)72)43-25-13-7-14-26-43)31-18-32-48(69)52-40(4)64-68(56(52)73)44-27-15-8-16-28-44/h5-16,21-28,49-52H,17-20,29-36,57H2,1-4H3. The number of hydrazone groups is 4. The zero-order valence-electron chi connectivity index (χ0n) is 41.9. The summed E-state index contributed by atoms with van der Waals surface area (Å²) in [6.07, 6.45) is 3.35. The van der Waals surface area contributed by atoms with Crippen LogP contribution in [0.15, 0.2) is 157 Å². The third-order valence-electron chi connectivity index (χ3n) is 13.2. The molecule has 0 fully saturated rings.